The van der Waals surface area contributed by atoms with Gasteiger partial charge in [-0.15, -0.1) is 0 Å². The molecule has 6 nitrogen and oxygen atoms in total. The largest absolute Gasteiger partial charge is 0.368 e. The summed E-state index contributed by atoms with van der Waals surface area (Å²) in [6.45, 7) is 3.20. The SMILES string of the molecule is O=C([C@@H]1CN(S(=O)(=O)Cc2ccccc2)C[C@H]1c1ccccc1)N1CCN(c2ccc(Cl)cc2)CC1. The second-order valence-corrected chi connectivity index (χ2v) is 11.9. The Morgan fingerprint density at radius 2 is 1.42 bits per heavy atom. The van der Waals surface area contributed by atoms with E-state index in [-0.39, 0.29) is 24.1 Å². The van der Waals surface area contributed by atoms with Gasteiger partial charge < -0.3 is 9.80 Å². The predicted octanol–water partition coefficient (Wildman–Crippen LogP) is 4.23. The zero-order valence-corrected chi connectivity index (χ0v) is 21.6. The molecule has 0 unspecified atom stereocenters. The highest BCUT2D eigenvalue weighted by molar-refractivity contribution is 7.88. The van der Waals surface area contributed by atoms with Crippen molar-refractivity contribution in [1.29, 1.82) is 0 Å². The van der Waals surface area contributed by atoms with Crippen LogP contribution in [0.3, 0.4) is 0 Å². The van der Waals surface area contributed by atoms with Crippen LogP contribution in [0.4, 0.5) is 5.69 Å². The van der Waals surface area contributed by atoms with Gasteiger partial charge in [-0.2, -0.15) is 0 Å². The maximum atomic E-state index is 13.8. The quantitative estimate of drug-likeness (QED) is 0.485. The molecule has 2 atom stereocenters. The number of nitrogens with zero attached hydrogens (tertiary/aromatic N) is 3. The van der Waals surface area contributed by atoms with Crippen LogP contribution >= 0.6 is 11.6 Å². The van der Waals surface area contributed by atoms with Gasteiger partial charge in [0.2, 0.25) is 15.9 Å². The number of carbonyl (C=O) groups is 1. The zero-order chi connectivity index (χ0) is 25.1. The minimum absolute atomic E-state index is 0.0389. The average molecular weight is 524 g/mol. The minimum Gasteiger partial charge on any atom is -0.368 e. The van der Waals surface area contributed by atoms with Crippen molar-refractivity contribution in [2.75, 3.05) is 44.2 Å². The van der Waals surface area contributed by atoms with Gasteiger partial charge in [0.15, 0.2) is 0 Å². The van der Waals surface area contributed by atoms with Gasteiger partial charge in [0.25, 0.3) is 0 Å². The number of sulfonamides is 1. The van der Waals surface area contributed by atoms with E-state index in [1.807, 2.05) is 89.8 Å². The highest BCUT2D eigenvalue weighted by Crippen LogP contribution is 2.36. The molecule has 188 valence electrons. The summed E-state index contributed by atoms with van der Waals surface area (Å²) in [5, 5.41) is 0.701. The van der Waals surface area contributed by atoms with Crippen LogP contribution in [0.2, 0.25) is 5.02 Å². The lowest BCUT2D eigenvalue weighted by Crippen LogP contribution is -2.51. The van der Waals surface area contributed by atoms with Crippen molar-refractivity contribution < 1.29 is 13.2 Å². The van der Waals surface area contributed by atoms with Gasteiger partial charge in [0.05, 0.1) is 11.7 Å². The molecular formula is C28H30ClN3O3S. The third-order valence-electron chi connectivity index (χ3n) is 7.20. The number of carbonyl (C=O) groups excluding carboxylic acids is 1. The van der Waals surface area contributed by atoms with Crippen molar-refractivity contribution in [1.82, 2.24) is 9.21 Å². The fraction of sp³-hybridized carbons (Fsp3) is 0.321. The van der Waals surface area contributed by atoms with Crippen LogP contribution in [0.25, 0.3) is 0 Å². The molecule has 36 heavy (non-hydrogen) atoms. The smallest absolute Gasteiger partial charge is 0.227 e. The number of hydrogen-bond acceptors (Lipinski definition) is 4. The van der Waals surface area contributed by atoms with Gasteiger partial charge in [0.1, 0.15) is 0 Å². The van der Waals surface area contributed by atoms with Crippen molar-refractivity contribution in [3.63, 3.8) is 0 Å². The van der Waals surface area contributed by atoms with E-state index in [2.05, 4.69) is 4.90 Å². The predicted molar refractivity (Wildman–Crippen MR) is 144 cm³/mol. The minimum atomic E-state index is -3.56. The van der Waals surface area contributed by atoms with Crippen molar-refractivity contribution in [3.05, 3.63) is 101 Å². The van der Waals surface area contributed by atoms with E-state index in [0.717, 1.165) is 29.9 Å². The van der Waals surface area contributed by atoms with E-state index in [9.17, 15) is 13.2 Å². The Bertz CT molecular complexity index is 1280. The Balaban J connectivity index is 1.32. The van der Waals surface area contributed by atoms with E-state index >= 15 is 0 Å². The molecule has 0 aromatic heterocycles. The normalized spacial score (nSPS) is 21.0. The molecule has 0 aliphatic carbocycles. The lowest BCUT2D eigenvalue weighted by Gasteiger charge is -2.37. The van der Waals surface area contributed by atoms with Crippen molar-refractivity contribution in [2.24, 2.45) is 5.92 Å². The number of halogens is 1. The Hall–Kier alpha value is -2.87. The van der Waals surface area contributed by atoms with E-state index in [0.29, 0.717) is 24.7 Å². The van der Waals surface area contributed by atoms with Gasteiger partial charge >= 0.3 is 0 Å². The molecule has 2 saturated heterocycles. The first kappa shape index (κ1) is 24.8. The molecule has 3 aromatic rings. The van der Waals surface area contributed by atoms with Crippen LogP contribution in [0.5, 0.6) is 0 Å². The molecule has 1 amide bonds. The summed E-state index contributed by atoms with van der Waals surface area (Å²) >= 11 is 6.02. The summed E-state index contributed by atoms with van der Waals surface area (Å²) in [7, 11) is -3.56. The number of piperazine rings is 1. The Kier molecular flexibility index (Phi) is 7.32. The van der Waals surface area contributed by atoms with Crippen LogP contribution in [-0.2, 0) is 20.6 Å². The van der Waals surface area contributed by atoms with Gasteiger partial charge in [-0.25, -0.2) is 12.7 Å². The number of benzene rings is 3. The standard InChI is InChI=1S/C28H30ClN3O3S/c29-24-11-13-25(14-12-24)30-15-17-31(18-16-30)28(33)27-20-32(19-26(27)23-9-5-2-6-10-23)36(34,35)21-22-7-3-1-4-8-22/h1-14,26-27H,15-21H2/t26-,27+/m0/s1. The van der Waals surface area contributed by atoms with E-state index in [1.165, 1.54) is 4.31 Å². The Morgan fingerprint density at radius 1 is 0.806 bits per heavy atom. The van der Waals surface area contributed by atoms with E-state index in [4.69, 9.17) is 11.6 Å². The van der Waals surface area contributed by atoms with Crippen molar-refractivity contribution in [2.45, 2.75) is 11.7 Å². The molecule has 2 fully saturated rings. The van der Waals surface area contributed by atoms with Crippen LogP contribution in [0.15, 0.2) is 84.9 Å². The third kappa shape index (κ3) is 5.43. The van der Waals surface area contributed by atoms with Gasteiger partial charge in [-0.05, 0) is 35.4 Å². The summed E-state index contributed by atoms with van der Waals surface area (Å²) < 4.78 is 28.2. The monoisotopic (exact) mass is 523 g/mol. The van der Waals surface area contributed by atoms with Crippen LogP contribution < -0.4 is 4.90 Å². The second kappa shape index (κ2) is 10.6. The number of rotatable bonds is 6. The molecule has 0 bridgehead atoms. The zero-order valence-electron chi connectivity index (χ0n) is 20.0. The summed E-state index contributed by atoms with van der Waals surface area (Å²) in [6.07, 6.45) is 0. The lowest BCUT2D eigenvalue weighted by atomic mass is 9.88. The molecule has 3 aromatic carbocycles. The molecule has 0 spiro atoms. The second-order valence-electron chi connectivity index (χ2n) is 9.47. The van der Waals surface area contributed by atoms with Gasteiger partial charge in [-0.1, -0.05) is 72.3 Å². The molecule has 0 saturated carbocycles. The fourth-order valence-corrected chi connectivity index (χ4v) is 6.93. The molecule has 8 heteroatoms. The fourth-order valence-electron chi connectivity index (χ4n) is 5.23. The van der Waals surface area contributed by atoms with E-state index in [1.54, 1.807) is 0 Å². The molecule has 2 heterocycles. The first-order valence-electron chi connectivity index (χ1n) is 12.3. The number of hydrogen-bond donors (Lipinski definition) is 0. The first-order chi connectivity index (χ1) is 17.4. The van der Waals surface area contributed by atoms with E-state index < -0.39 is 15.9 Å². The third-order valence-corrected chi connectivity index (χ3v) is 9.23. The van der Waals surface area contributed by atoms with Crippen molar-refractivity contribution >= 4 is 33.2 Å². The van der Waals surface area contributed by atoms with Crippen LogP contribution in [0.1, 0.15) is 17.0 Å². The highest BCUT2D eigenvalue weighted by Gasteiger charge is 2.44. The molecule has 5 rings (SSSR count). The molecule has 2 aliphatic heterocycles. The van der Waals surface area contributed by atoms with Gasteiger partial charge in [-0.3, -0.25) is 4.79 Å². The number of amides is 1. The average Bonchev–Trinajstić information content (AvgIpc) is 3.36. The Morgan fingerprint density at radius 3 is 2.06 bits per heavy atom. The molecular weight excluding hydrogens is 494 g/mol. The topological polar surface area (TPSA) is 60.9 Å². The summed E-state index contributed by atoms with van der Waals surface area (Å²) in [5.41, 5.74) is 2.85. The lowest BCUT2D eigenvalue weighted by molar-refractivity contribution is -0.135. The first-order valence-corrected chi connectivity index (χ1v) is 14.3. The molecule has 0 radical (unpaired) electrons. The summed E-state index contributed by atoms with van der Waals surface area (Å²) in [4.78, 5) is 17.9. The van der Waals surface area contributed by atoms with Gasteiger partial charge in [0, 0.05) is 55.9 Å². The Labute approximate surface area is 218 Å². The number of anilines is 1. The summed E-state index contributed by atoms with van der Waals surface area (Å²) in [6, 6.07) is 26.8. The van der Waals surface area contributed by atoms with Crippen LogP contribution in [0, 0.1) is 5.92 Å². The maximum absolute atomic E-state index is 13.8. The highest BCUT2D eigenvalue weighted by atomic mass is 35.5. The molecule has 0 N–H and O–H groups in total. The van der Waals surface area contributed by atoms with Crippen LogP contribution in [-0.4, -0.2) is 62.8 Å². The van der Waals surface area contributed by atoms with Crippen molar-refractivity contribution in [3.8, 4) is 0 Å². The molecule has 2 aliphatic rings. The summed E-state index contributed by atoms with van der Waals surface area (Å²) in [5.74, 6) is -0.591. The maximum Gasteiger partial charge on any atom is 0.227 e.